The van der Waals surface area contributed by atoms with Gasteiger partial charge in [-0.1, -0.05) is 12.1 Å². The number of alkyl halides is 3. The molecule has 2 heterocycles. The first-order chi connectivity index (χ1) is 13.8. The van der Waals surface area contributed by atoms with Crippen LogP contribution in [0.25, 0.3) is 0 Å². The van der Waals surface area contributed by atoms with Crippen LogP contribution in [0.4, 0.5) is 23.4 Å². The van der Waals surface area contributed by atoms with Gasteiger partial charge >= 0.3 is 6.18 Å². The number of hydrogen-bond donors (Lipinski definition) is 0. The fraction of sp³-hybridized carbons (Fsp3) is 0.450. The molecule has 2 aliphatic rings. The second-order valence-electron chi connectivity index (χ2n) is 7.53. The zero-order valence-electron chi connectivity index (χ0n) is 15.4. The number of aromatic nitrogens is 2. The van der Waals surface area contributed by atoms with E-state index in [9.17, 15) is 27.6 Å². The van der Waals surface area contributed by atoms with E-state index in [2.05, 4.69) is 5.10 Å². The van der Waals surface area contributed by atoms with Crippen molar-refractivity contribution >= 4 is 11.7 Å². The van der Waals surface area contributed by atoms with Crippen molar-refractivity contribution < 1.29 is 22.4 Å². The Bertz CT molecular complexity index is 956. The number of hydrogen-bond acceptors (Lipinski definition) is 3. The molecular weight excluding hydrogens is 388 g/mol. The Labute approximate surface area is 164 Å². The highest BCUT2D eigenvalue weighted by atomic mass is 19.4. The van der Waals surface area contributed by atoms with Crippen LogP contribution in [0.5, 0.6) is 0 Å². The highest BCUT2D eigenvalue weighted by Crippen LogP contribution is 2.49. The lowest BCUT2D eigenvalue weighted by atomic mass is 9.96. The van der Waals surface area contributed by atoms with E-state index < -0.39 is 18.3 Å². The quantitative estimate of drug-likeness (QED) is 0.717. The van der Waals surface area contributed by atoms with Crippen molar-refractivity contribution in [1.82, 2.24) is 9.78 Å². The number of aryl methyl sites for hydroxylation is 1. The van der Waals surface area contributed by atoms with E-state index in [1.54, 1.807) is 12.1 Å². The zero-order chi connectivity index (χ0) is 20.8. The Morgan fingerprint density at radius 3 is 2.52 bits per heavy atom. The minimum absolute atomic E-state index is 0.00943. The Balaban J connectivity index is 1.66. The molecule has 0 spiro atoms. The Morgan fingerprint density at radius 2 is 1.93 bits per heavy atom. The number of halogens is 4. The molecule has 29 heavy (non-hydrogen) atoms. The molecule has 5 nitrogen and oxygen atoms in total. The summed E-state index contributed by atoms with van der Waals surface area (Å²) in [4.78, 5) is 14.4. The lowest BCUT2D eigenvalue weighted by Gasteiger charge is -2.40. The van der Waals surface area contributed by atoms with Gasteiger partial charge in [0, 0.05) is 12.5 Å². The van der Waals surface area contributed by atoms with Crippen molar-refractivity contribution in [3.8, 4) is 6.07 Å². The Kier molecular flexibility index (Phi) is 4.81. The summed E-state index contributed by atoms with van der Waals surface area (Å²) in [7, 11) is 0. The van der Waals surface area contributed by atoms with Crippen LogP contribution in [-0.2, 0) is 11.2 Å². The predicted octanol–water partition coefficient (Wildman–Crippen LogP) is 4.15. The molecule has 1 aliphatic heterocycles. The van der Waals surface area contributed by atoms with Crippen LogP contribution in [0.15, 0.2) is 30.5 Å². The van der Waals surface area contributed by atoms with Gasteiger partial charge in [0.15, 0.2) is 11.9 Å². The van der Waals surface area contributed by atoms with Gasteiger partial charge in [-0.3, -0.25) is 9.69 Å². The number of fused-ring (bicyclic) bond motifs is 1. The van der Waals surface area contributed by atoms with Crippen molar-refractivity contribution in [2.75, 3.05) is 4.90 Å². The number of benzene rings is 1. The maximum Gasteiger partial charge on any atom is 0.410 e. The summed E-state index contributed by atoms with van der Waals surface area (Å²) in [6, 6.07) is 5.13. The molecule has 9 heteroatoms. The van der Waals surface area contributed by atoms with Gasteiger partial charge in [-0.2, -0.15) is 23.5 Å². The van der Waals surface area contributed by atoms with Gasteiger partial charge in [0.05, 0.1) is 6.20 Å². The maximum absolute atomic E-state index is 13.6. The number of anilines is 1. The Hall–Kier alpha value is -2.89. The summed E-state index contributed by atoms with van der Waals surface area (Å²) in [6.45, 7) is 0. The van der Waals surface area contributed by atoms with Gasteiger partial charge in [0.25, 0.3) is 0 Å². The van der Waals surface area contributed by atoms with Crippen LogP contribution in [-0.4, -0.2) is 27.9 Å². The SMILES string of the molecule is N#Cc1cnn2c1N(C(=O)CCc1ccc(F)cc1)[C@@H](C1CC1)C[C@@H]2C(F)(F)F. The van der Waals surface area contributed by atoms with E-state index in [1.165, 1.54) is 17.0 Å². The van der Waals surface area contributed by atoms with E-state index >= 15 is 0 Å². The molecule has 0 saturated heterocycles. The smallest absolute Gasteiger partial charge is 0.292 e. The number of nitrogens with zero attached hydrogens (tertiary/aromatic N) is 4. The van der Waals surface area contributed by atoms with Gasteiger partial charge in [-0.25, -0.2) is 9.07 Å². The maximum atomic E-state index is 13.6. The standard InChI is InChI=1S/C20H18F4N4O/c21-15-6-1-12(2-7-15)3-8-18(29)27-16(13-4-5-13)9-17(20(22,23)24)28-19(27)14(10-25)11-26-28/h1-2,6-7,11,13,16-17H,3-5,8-9H2/t16-,17-/m1/s1. The second-order valence-corrected chi connectivity index (χ2v) is 7.53. The summed E-state index contributed by atoms with van der Waals surface area (Å²) in [5.74, 6) is -0.817. The monoisotopic (exact) mass is 406 g/mol. The average molecular weight is 406 g/mol. The molecule has 1 fully saturated rings. The van der Waals surface area contributed by atoms with E-state index in [0.717, 1.165) is 29.3 Å². The van der Waals surface area contributed by atoms with Crippen LogP contribution in [0.2, 0.25) is 0 Å². The van der Waals surface area contributed by atoms with Crippen molar-refractivity contribution in [2.24, 2.45) is 5.92 Å². The van der Waals surface area contributed by atoms with Crippen molar-refractivity contribution in [1.29, 1.82) is 5.26 Å². The topological polar surface area (TPSA) is 61.9 Å². The molecule has 1 saturated carbocycles. The third kappa shape index (κ3) is 3.71. The summed E-state index contributed by atoms with van der Waals surface area (Å²) in [6.07, 6.45) is -1.82. The number of carbonyl (C=O) groups excluding carboxylic acids is 1. The minimum atomic E-state index is -4.52. The van der Waals surface area contributed by atoms with E-state index in [0.29, 0.717) is 6.42 Å². The summed E-state index contributed by atoms with van der Waals surface area (Å²) in [5, 5.41) is 13.2. The van der Waals surface area contributed by atoms with E-state index in [1.807, 2.05) is 6.07 Å². The average Bonchev–Trinajstić information content (AvgIpc) is 3.44. The molecule has 2 aromatic rings. The van der Waals surface area contributed by atoms with Crippen LogP contribution in [0.1, 0.15) is 42.9 Å². The molecule has 0 N–H and O–H groups in total. The predicted molar refractivity (Wildman–Crippen MR) is 95.4 cm³/mol. The molecule has 152 valence electrons. The third-order valence-electron chi connectivity index (χ3n) is 5.56. The molecule has 4 rings (SSSR count). The van der Waals surface area contributed by atoms with Crippen LogP contribution < -0.4 is 4.90 Å². The van der Waals surface area contributed by atoms with Crippen molar-refractivity contribution in [2.45, 2.75) is 50.4 Å². The number of amides is 1. The number of rotatable bonds is 4. The molecular formula is C20H18F4N4O. The molecule has 1 aliphatic carbocycles. The molecule has 1 amide bonds. The fourth-order valence-electron chi connectivity index (χ4n) is 3.98. The molecule has 1 aromatic heterocycles. The van der Waals surface area contributed by atoms with Crippen LogP contribution in [0, 0.1) is 23.1 Å². The highest BCUT2D eigenvalue weighted by molar-refractivity contribution is 5.95. The molecule has 0 radical (unpaired) electrons. The minimum Gasteiger partial charge on any atom is -0.292 e. The van der Waals surface area contributed by atoms with Crippen molar-refractivity contribution in [3.63, 3.8) is 0 Å². The van der Waals surface area contributed by atoms with Gasteiger partial charge in [-0.05, 0) is 49.3 Å². The highest BCUT2D eigenvalue weighted by Gasteiger charge is 2.53. The van der Waals surface area contributed by atoms with Gasteiger partial charge in [0.1, 0.15) is 17.4 Å². The third-order valence-corrected chi connectivity index (χ3v) is 5.56. The van der Waals surface area contributed by atoms with E-state index in [4.69, 9.17) is 0 Å². The largest absolute Gasteiger partial charge is 0.410 e. The Morgan fingerprint density at radius 1 is 1.24 bits per heavy atom. The summed E-state index contributed by atoms with van der Waals surface area (Å²) < 4.78 is 54.8. The van der Waals surface area contributed by atoms with Gasteiger partial charge in [0.2, 0.25) is 5.91 Å². The van der Waals surface area contributed by atoms with Gasteiger partial charge < -0.3 is 0 Å². The number of nitriles is 1. The number of carbonyl (C=O) groups is 1. The first-order valence-electron chi connectivity index (χ1n) is 9.40. The fourth-order valence-corrected chi connectivity index (χ4v) is 3.98. The second kappa shape index (κ2) is 7.17. The van der Waals surface area contributed by atoms with Crippen LogP contribution in [0.3, 0.4) is 0 Å². The molecule has 1 aromatic carbocycles. The lowest BCUT2D eigenvalue weighted by molar-refractivity contribution is -0.175. The van der Waals surface area contributed by atoms with Crippen LogP contribution >= 0.6 is 0 Å². The van der Waals surface area contributed by atoms with Crippen molar-refractivity contribution in [3.05, 3.63) is 47.4 Å². The molecule has 2 atom stereocenters. The first kappa shape index (κ1) is 19.4. The summed E-state index contributed by atoms with van der Waals surface area (Å²) in [5.41, 5.74) is 0.710. The van der Waals surface area contributed by atoms with Gasteiger partial charge in [-0.15, -0.1) is 0 Å². The molecule has 0 unspecified atom stereocenters. The molecule has 0 bridgehead atoms. The zero-order valence-corrected chi connectivity index (χ0v) is 15.4. The lowest BCUT2D eigenvalue weighted by Crippen LogP contribution is -2.51. The van der Waals surface area contributed by atoms with E-state index in [-0.39, 0.29) is 41.9 Å². The first-order valence-corrected chi connectivity index (χ1v) is 9.40. The normalized spacial score (nSPS) is 21.6. The summed E-state index contributed by atoms with van der Waals surface area (Å²) >= 11 is 0.